The highest BCUT2D eigenvalue weighted by atomic mass is 16.5. The molecule has 1 unspecified atom stereocenters. The maximum Gasteiger partial charge on any atom is 0.276 e. The molecule has 0 bridgehead atoms. The number of nitrogens with two attached hydrogens (primary N) is 1. The molecule has 0 spiro atoms. The van der Waals surface area contributed by atoms with Crippen molar-refractivity contribution in [3.63, 3.8) is 0 Å². The van der Waals surface area contributed by atoms with Gasteiger partial charge in [-0.2, -0.15) is 5.10 Å². The zero-order valence-electron chi connectivity index (χ0n) is 16.9. The molecule has 158 valence electrons. The monoisotopic (exact) mass is 412 g/mol. The number of aryl methyl sites for hydroxylation is 2. The van der Waals surface area contributed by atoms with Gasteiger partial charge in [0.25, 0.3) is 5.91 Å². The molecule has 4 rings (SSSR count). The summed E-state index contributed by atoms with van der Waals surface area (Å²) >= 11 is 0. The van der Waals surface area contributed by atoms with Crippen molar-refractivity contribution in [3.8, 4) is 5.75 Å². The molecule has 3 heterocycles. The predicted octanol–water partition coefficient (Wildman–Crippen LogP) is 1.62. The van der Waals surface area contributed by atoms with Gasteiger partial charge in [-0.1, -0.05) is 0 Å². The molecule has 1 atom stereocenters. The van der Waals surface area contributed by atoms with E-state index in [2.05, 4.69) is 15.4 Å². The number of nitrogens with one attached hydrogen (secondary N) is 1. The number of hydrogen-bond acceptors (Lipinski definition) is 6. The van der Waals surface area contributed by atoms with Crippen LogP contribution in [0.15, 0.2) is 18.2 Å². The lowest BCUT2D eigenvalue weighted by Crippen LogP contribution is -2.26. The summed E-state index contributed by atoms with van der Waals surface area (Å²) in [4.78, 5) is 29.2. The fourth-order valence-corrected chi connectivity index (χ4v) is 3.83. The summed E-state index contributed by atoms with van der Waals surface area (Å²) < 4.78 is 9.40. The smallest absolute Gasteiger partial charge is 0.276 e. The van der Waals surface area contributed by atoms with E-state index in [1.54, 1.807) is 22.9 Å². The maximum absolute atomic E-state index is 13.0. The molecule has 10 heteroatoms. The third-order valence-electron chi connectivity index (χ3n) is 5.19. The van der Waals surface area contributed by atoms with E-state index in [9.17, 15) is 14.7 Å². The highest BCUT2D eigenvalue weighted by Gasteiger charge is 2.29. The summed E-state index contributed by atoms with van der Waals surface area (Å²) in [5.41, 5.74) is 8.10. The summed E-state index contributed by atoms with van der Waals surface area (Å²) in [7, 11) is 0. The van der Waals surface area contributed by atoms with Gasteiger partial charge in [-0.15, -0.1) is 0 Å². The molecule has 2 aromatic heterocycles. The quantitative estimate of drug-likeness (QED) is 0.539. The van der Waals surface area contributed by atoms with Crippen molar-refractivity contribution in [2.45, 2.75) is 39.3 Å². The number of carbonyl (C=O) groups is 2. The first kappa shape index (κ1) is 19.9. The average molecular weight is 412 g/mol. The van der Waals surface area contributed by atoms with E-state index >= 15 is 0 Å². The Balaban J connectivity index is 1.80. The number of aliphatic hydroxyl groups excluding tert-OH is 1. The number of primary amides is 1. The first-order valence-electron chi connectivity index (χ1n) is 9.88. The normalized spacial score (nSPS) is 15.2. The Morgan fingerprint density at radius 3 is 2.87 bits per heavy atom. The van der Waals surface area contributed by atoms with Crippen molar-refractivity contribution in [1.82, 2.24) is 19.3 Å². The van der Waals surface area contributed by atoms with E-state index in [4.69, 9.17) is 10.5 Å². The lowest BCUT2D eigenvalue weighted by molar-refractivity contribution is 0.0995. The van der Waals surface area contributed by atoms with E-state index < -0.39 is 5.91 Å². The number of aromatic nitrogens is 4. The molecule has 0 saturated heterocycles. The SMILES string of the molecule is CCn1nc(C)cc1C(=O)Nc1nc2cc(C(N)=O)cc3c2n1C(CCCO)CO3. The van der Waals surface area contributed by atoms with Crippen LogP contribution in [0, 0.1) is 6.92 Å². The number of nitrogens with zero attached hydrogens (tertiary/aromatic N) is 4. The Morgan fingerprint density at radius 2 is 2.17 bits per heavy atom. The third kappa shape index (κ3) is 3.39. The topological polar surface area (TPSA) is 137 Å². The zero-order chi connectivity index (χ0) is 21.4. The first-order valence-corrected chi connectivity index (χ1v) is 9.88. The van der Waals surface area contributed by atoms with Gasteiger partial charge in [0.2, 0.25) is 11.9 Å². The van der Waals surface area contributed by atoms with Crippen LogP contribution in [0.1, 0.15) is 52.3 Å². The van der Waals surface area contributed by atoms with Crippen LogP contribution in [-0.2, 0) is 6.54 Å². The van der Waals surface area contributed by atoms with E-state index in [0.717, 1.165) is 5.69 Å². The predicted molar refractivity (Wildman–Crippen MR) is 110 cm³/mol. The lowest BCUT2D eigenvalue weighted by atomic mass is 10.1. The van der Waals surface area contributed by atoms with Crippen LogP contribution in [0.3, 0.4) is 0 Å². The van der Waals surface area contributed by atoms with Gasteiger partial charge in [0.05, 0.1) is 17.3 Å². The number of benzene rings is 1. The van der Waals surface area contributed by atoms with Crippen LogP contribution in [0.25, 0.3) is 11.0 Å². The number of amides is 2. The van der Waals surface area contributed by atoms with Crippen molar-refractivity contribution in [1.29, 1.82) is 0 Å². The zero-order valence-corrected chi connectivity index (χ0v) is 16.9. The minimum Gasteiger partial charge on any atom is -0.489 e. The van der Waals surface area contributed by atoms with E-state index in [1.807, 2.05) is 18.4 Å². The fourth-order valence-electron chi connectivity index (χ4n) is 3.83. The van der Waals surface area contributed by atoms with E-state index in [0.29, 0.717) is 54.4 Å². The van der Waals surface area contributed by atoms with E-state index in [-0.39, 0.29) is 24.1 Å². The highest BCUT2D eigenvalue weighted by molar-refractivity contribution is 6.04. The maximum atomic E-state index is 13.0. The number of imidazole rings is 1. The summed E-state index contributed by atoms with van der Waals surface area (Å²) in [6, 6.07) is 4.78. The van der Waals surface area contributed by atoms with Gasteiger partial charge in [-0.25, -0.2) is 4.98 Å². The molecule has 3 aromatic rings. The van der Waals surface area contributed by atoms with Crippen molar-refractivity contribution in [2.75, 3.05) is 18.5 Å². The molecule has 0 fully saturated rings. The summed E-state index contributed by atoms with van der Waals surface area (Å²) in [5.74, 6) is -0.0655. The summed E-state index contributed by atoms with van der Waals surface area (Å²) in [5, 5.41) is 16.5. The van der Waals surface area contributed by atoms with Gasteiger partial charge in [-0.05, 0) is 44.9 Å². The summed E-state index contributed by atoms with van der Waals surface area (Å²) in [6.07, 6.45) is 1.23. The second-order valence-corrected chi connectivity index (χ2v) is 7.28. The molecular weight excluding hydrogens is 388 g/mol. The Kier molecular flexibility index (Phi) is 5.17. The molecule has 1 aromatic carbocycles. The largest absolute Gasteiger partial charge is 0.489 e. The molecule has 1 aliphatic heterocycles. The van der Waals surface area contributed by atoms with Gasteiger partial charge in [0.1, 0.15) is 23.6 Å². The van der Waals surface area contributed by atoms with Gasteiger partial charge in [0.15, 0.2) is 0 Å². The number of carbonyl (C=O) groups excluding carboxylic acids is 2. The molecule has 0 saturated carbocycles. The van der Waals surface area contributed by atoms with Crippen molar-refractivity contribution in [3.05, 3.63) is 35.2 Å². The molecule has 0 aliphatic carbocycles. The van der Waals surface area contributed by atoms with Crippen LogP contribution < -0.4 is 15.8 Å². The van der Waals surface area contributed by atoms with Crippen molar-refractivity contribution in [2.24, 2.45) is 5.73 Å². The minimum absolute atomic E-state index is 0.0540. The summed E-state index contributed by atoms with van der Waals surface area (Å²) in [6.45, 7) is 4.69. The van der Waals surface area contributed by atoms with Crippen molar-refractivity contribution < 1.29 is 19.4 Å². The van der Waals surface area contributed by atoms with Crippen LogP contribution in [0.5, 0.6) is 5.75 Å². The first-order chi connectivity index (χ1) is 14.4. The second kappa shape index (κ2) is 7.79. The number of ether oxygens (including phenoxy) is 1. The number of anilines is 1. The van der Waals surface area contributed by atoms with E-state index in [1.165, 1.54) is 0 Å². The highest BCUT2D eigenvalue weighted by Crippen LogP contribution is 2.38. The number of aliphatic hydroxyl groups is 1. The third-order valence-corrected chi connectivity index (χ3v) is 5.19. The van der Waals surface area contributed by atoms with Crippen LogP contribution in [0.4, 0.5) is 5.95 Å². The van der Waals surface area contributed by atoms with Crippen molar-refractivity contribution >= 4 is 28.8 Å². The minimum atomic E-state index is -0.582. The molecule has 2 amide bonds. The molecule has 30 heavy (non-hydrogen) atoms. The Hall–Kier alpha value is -3.40. The Labute approximate surface area is 172 Å². The molecular formula is C20H24N6O4. The molecule has 1 aliphatic rings. The van der Waals surface area contributed by atoms with Gasteiger partial charge >= 0.3 is 0 Å². The average Bonchev–Trinajstić information content (AvgIpc) is 3.28. The van der Waals surface area contributed by atoms with Gasteiger partial charge in [-0.3, -0.25) is 19.6 Å². The van der Waals surface area contributed by atoms with Crippen LogP contribution in [0.2, 0.25) is 0 Å². The van der Waals surface area contributed by atoms with Crippen LogP contribution >= 0.6 is 0 Å². The Bertz CT molecular complexity index is 1130. The van der Waals surface area contributed by atoms with Gasteiger partial charge < -0.3 is 20.1 Å². The number of hydrogen-bond donors (Lipinski definition) is 3. The number of rotatable bonds is 7. The standard InChI is InChI=1S/C20H24N6O4/c1-3-25-15(7-11(2)24-25)19(29)23-20-22-14-8-12(18(21)28)9-16-17(14)26(20)13(10-30-16)5-4-6-27/h7-9,13,27H,3-6,10H2,1-2H3,(H2,21,28)(H,22,23,29). The molecule has 4 N–H and O–H groups in total. The Morgan fingerprint density at radius 1 is 1.37 bits per heavy atom. The van der Waals surface area contributed by atoms with Crippen LogP contribution in [-0.4, -0.2) is 49.5 Å². The lowest BCUT2D eigenvalue weighted by Gasteiger charge is -2.27. The second-order valence-electron chi connectivity index (χ2n) is 7.28. The fraction of sp³-hybridized carbons (Fsp3) is 0.400. The van der Waals surface area contributed by atoms with Gasteiger partial charge in [0, 0.05) is 18.7 Å². The molecule has 0 radical (unpaired) electrons. The molecule has 10 nitrogen and oxygen atoms in total.